The normalized spacial score (nSPS) is 15.1. The number of carbonyl (C=O) groups excluding carboxylic acids is 1. The highest BCUT2D eigenvalue weighted by Crippen LogP contribution is 2.42. The van der Waals surface area contributed by atoms with Crippen LogP contribution in [0, 0.1) is 0 Å². The first-order chi connectivity index (χ1) is 17.1. The molecule has 6 heteroatoms. The summed E-state index contributed by atoms with van der Waals surface area (Å²) in [6, 6.07) is 26.6. The Morgan fingerprint density at radius 2 is 1.77 bits per heavy atom. The molecular weight excluding hydrogens is 440 g/mol. The van der Waals surface area contributed by atoms with Gasteiger partial charge >= 0.3 is 5.97 Å². The Balaban J connectivity index is 1.43. The number of carbonyl (C=O) groups is 2. The van der Waals surface area contributed by atoms with Crippen molar-refractivity contribution >= 4 is 28.5 Å². The first kappa shape index (κ1) is 21.0. The maximum Gasteiger partial charge on any atom is 0.335 e. The van der Waals surface area contributed by atoms with Gasteiger partial charge in [-0.15, -0.1) is 0 Å². The molecule has 1 aliphatic rings. The fourth-order valence-corrected chi connectivity index (χ4v) is 4.89. The molecule has 1 amide bonds. The number of aromatic carboxylic acids is 1. The summed E-state index contributed by atoms with van der Waals surface area (Å²) in [5, 5.41) is 13.3. The highest BCUT2D eigenvalue weighted by atomic mass is 16.4. The lowest BCUT2D eigenvalue weighted by Crippen LogP contribution is -2.13. The standard InChI is InChI=1S/C29H22N2O4/c32-27-15-21(26-14-13-25(35-26)19-9-11-20(12-10-19)29(33)34)22-17-31(16-18-5-2-1-3-6-18)24-8-4-7-23(30-27)28(22)24/h1-14,17,21H,15-16H2,(H,30,32)(H,33,34)/t21-/m0/s1. The van der Waals surface area contributed by atoms with Gasteiger partial charge in [-0.1, -0.05) is 48.5 Å². The van der Waals surface area contributed by atoms with Gasteiger partial charge in [-0.2, -0.15) is 0 Å². The van der Waals surface area contributed by atoms with E-state index in [0.29, 0.717) is 11.5 Å². The van der Waals surface area contributed by atoms with Crippen molar-refractivity contribution in [2.45, 2.75) is 18.9 Å². The number of carboxylic acids is 1. The molecule has 0 spiro atoms. The molecule has 5 aromatic rings. The third-order valence-corrected chi connectivity index (χ3v) is 6.56. The minimum Gasteiger partial charge on any atom is -0.478 e. The monoisotopic (exact) mass is 462 g/mol. The van der Waals surface area contributed by atoms with Gasteiger partial charge in [0.25, 0.3) is 0 Å². The number of rotatable bonds is 5. The molecule has 0 saturated carbocycles. The zero-order chi connectivity index (χ0) is 23.9. The van der Waals surface area contributed by atoms with Crippen molar-refractivity contribution < 1.29 is 19.1 Å². The first-order valence-electron chi connectivity index (χ1n) is 11.5. The molecule has 0 fully saturated rings. The fraction of sp³-hybridized carbons (Fsp3) is 0.103. The summed E-state index contributed by atoms with van der Waals surface area (Å²) < 4.78 is 8.48. The number of nitrogens with zero attached hydrogens (tertiary/aromatic N) is 1. The second-order valence-corrected chi connectivity index (χ2v) is 8.79. The van der Waals surface area contributed by atoms with E-state index in [-0.39, 0.29) is 23.8 Å². The lowest BCUT2D eigenvalue weighted by molar-refractivity contribution is -0.116. The SMILES string of the molecule is O=C1C[C@H](c2ccc(-c3ccc(C(=O)O)cc3)o2)c2cn(Cc3ccccc3)c3cccc(c23)N1. The molecule has 0 saturated heterocycles. The molecule has 6 rings (SSSR count). The van der Waals surface area contributed by atoms with E-state index in [4.69, 9.17) is 9.52 Å². The average molecular weight is 463 g/mol. The van der Waals surface area contributed by atoms with E-state index >= 15 is 0 Å². The Labute approximate surface area is 201 Å². The van der Waals surface area contributed by atoms with Gasteiger partial charge in [-0.05, 0) is 47.5 Å². The molecular formula is C29H22N2O4. The number of hydrogen-bond donors (Lipinski definition) is 2. The molecule has 0 bridgehead atoms. The third kappa shape index (κ3) is 3.79. The summed E-state index contributed by atoms with van der Waals surface area (Å²) in [6.07, 6.45) is 2.40. The maximum absolute atomic E-state index is 12.8. The van der Waals surface area contributed by atoms with Gasteiger partial charge in [-0.25, -0.2) is 4.79 Å². The van der Waals surface area contributed by atoms with Crippen LogP contribution < -0.4 is 5.32 Å². The fourth-order valence-electron chi connectivity index (χ4n) is 4.89. The Morgan fingerprint density at radius 1 is 0.971 bits per heavy atom. The van der Waals surface area contributed by atoms with Gasteiger partial charge in [-0.3, -0.25) is 4.79 Å². The second kappa shape index (κ2) is 8.33. The number of amides is 1. The summed E-state index contributed by atoms with van der Waals surface area (Å²) in [6.45, 7) is 0.723. The molecule has 172 valence electrons. The highest BCUT2D eigenvalue weighted by Gasteiger charge is 2.30. The Kier molecular flexibility index (Phi) is 4.99. The molecule has 1 aliphatic heterocycles. The summed E-state index contributed by atoms with van der Waals surface area (Å²) in [4.78, 5) is 24.0. The van der Waals surface area contributed by atoms with Crippen molar-refractivity contribution in [2.24, 2.45) is 0 Å². The van der Waals surface area contributed by atoms with Crippen LogP contribution in [0.3, 0.4) is 0 Å². The number of anilines is 1. The summed E-state index contributed by atoms with van der Waals surface area (Å²) in [5.74, 6) is 0.0638. The van der Waals surface area contributed by atoms with E-state index in [1.165, 1.54) is 5.56 Å². The molecule has 2 aromatic heterocycles. The van der Waals surface area contributed by atoms with Crippen LogP contribution in [0.1, 0.15) is 39.6 Å². The summed E-state index contributed by atoms with van der Waals surface area (Å²) in [5.41, 5.74) is 5.12. The Hall–Kier alpha value is -4.58. The van der Waals surface area contributed by atoms with Crippen molar-refractivity contribution in [1.29, 1.82) is 0 Å². The van der Waals surface area contributed by atoms with Crippen molar-refractivity contribution in [2.75, 3.05) is 5.32 Å². The first-order valence-corrected chi connectivity index (χ1v) is 11.5. The van der Waals surface area contributed by atoms with E-state index < -0.39 is 5.97 Å². The number of nitrogens with one attached hydrogen (secondary N) is 1. The quantitative estimate of drug-likeness (QED) is 0.329. The molecule has 6 nitrogen and oxygen atoms in total. The van der Waals surface area contributed by atoms with Crippen molar-refractivity contribution in [1.82, 2.24) is 4.57 Å². The number of benzene rings is 3. The van der Waals surface area contributed by atoms with Gasteiger partial charge in [0.2, 0.25) is 5.91 Å². The van der Waals surface area contributed by atoms with Crippen molar-refractivity contribution in [3.05, 3.63) is 114 Å². The molecule has 3 heterocycles. The van der Waals surface area contributed by atoms with Crippen LogP contribution in [-0.4, -0.2) is 21.6 Å². The van der Waals surface area contributed by atoms with Crippen LogP contribution in [0.2, 0.25) is 0 Å². The van der Waals surface area contributed by atoms with Gasteiger partial charge < -0.3 is 19.4 Å². The van der Waals surface area contributed by atoms with Crippen LogP contribution in [0.25, 0.3) is 22.2 Å². The molecule has 0 unspecified atom stereocenters. The van der Waals surface area contributed by atoms with E-state index in [1.807, 2.05) is 42.5 Å². The Bertz CT molecular complexity index is 1560. The summed E-state index contributed by atoms with van der Waals surface area (Å²) >= 11 is 0. The van der Waals surface area contributed by atoms with Crippen molar-refractivity contribution in [3.63, 3.8) is 0 Å². The van der Waals surface area contributed by atoms with Gasteiger partial charge in [0.05, 0.1) is 22.7 Å². The average Bonchev–Trinajstić information content (AvgIpc) is 3.46. The topological polar surface area (TPSA) is 84.5 Å². The largest absolute Gasteiger partial charge is 0.478 e. The predicted molar refractivity (Wildman–Crippen MR) is 134 cm³/mol. The van der Waals surface area contributed by atoms with E-state index in [9.17, 15) is 9.59 Å². The van der Waals surface area contributed by atoms with Crippen LogP contribution in [-0.2, 0) is 11.3 Å². The lowest BCUT2D eigenvalue weighted by Gasteiger charge is -2.11. The molecule has 1 atom stereocenters. The van der Waals surface area contributed by atoms with Gasteiger partial charge in [0.1, 0.15) is 11.5 Å². The number of hydrogen-bond acceptors (Lipinski definition) is 3. The van der Waals surface area contributed by atoms with Gasteiger partial charge in [0, 0.05) is 30.1 Å². The van der Waals surface area contributed by atoms with E-state index in [2.05, 4.69) is 34.3 Å². The molecule has 0 aliphatic carbocycles. The number of carboxylic acid groups (broad SMARTS) is 1. The minimum atomic E-state index is -0.969. The molecule has 3 aromatic carbocycles. The smallest absolute Gasteiger partial charge is 0.335 e. The molecule has 2 N–H and O–H groups in total. The molecule has 0 radical (unpaired) electrons. The predicted octanol–water partition coefficient (Wildman–Crippen LogP) is 6.12. The van der Waals surface area contributed by atoms with Crippen LogP contribution in [0.4, 0.5) is 5.69 Å². The lowest BCUT2D eigenvalue weighted by atomic mass is 9.93. The van der Waals surface area contributed by atoms with Crippen LogP contribution >= 0.6 is 0 Å². The zero-order valence-electron chi connectivity index (χ0n) is 18.8. The maximum atomic E-state index is 12.8. The van der Waals surface area contributed by atoms with Crippen molar-refractivity contribution in [3.8, 4) is 11.3 Å². The zero-order valence-corrected chi connectivity index (χ0v) is 18.8. The Morgan fingerprint density at radius 3 is 2.54 bits per heavy atom. The number of furan rings is 1. The van der Waals surface area contributed by atoms with E-state index in [0.717, 1.165) is 34.3 Å². The van der Waals surface area contributed by atoms with Crippen LogP contribution in [0.15, 0.2) is 95.5 Å². The highest BCUT2D eigenvalue weighted by molar-refractivity contribution is 6.06. The second-order valence-electron chi connectivity index (χ2n) is 8.79. The minimum absolute atomic E-state index is 0.0583. The van der Waals surface area contributed by atoms with Gasteiger partial charge in [0.15, 0.2) is 0 Å². The summed E-state index contributed by atoms with van der Waals surface area (Å²) in [7, 11) is 0. The van der Waals surface area contributed by atoms with E-state index in [1.54, 1.807) is 24.3 Å². The number of aromatic nitrogens is 1. The molecule has 35 heavy (non-hydrogen) atoms. The third-order valence-electron chi connectivity index (χ3n) is 6.56. The van der Waals surface area contributed by atoms with Crippen LogP contribution in [0.5, 0.6) is 0 Å².